The highest BCUT2D eigenvalue weighted by Crippen LogP contribution is 2.41. The first-order valence-electron chi connectivity index (χ1n) is 11.2. The zero-order valence-corrected chi connectivity index (χ0v) is 18.9. The van der Waals surface area contributed by atoms with Crippen LogP contribution in [0, 0.1) is 5.92 Å². The third-order valence-corrected chi connectivity index (χ3v) is 6.43. The maximum atomic E-state index is 11.0. The summed E-state index contributed by atoms with van der Waals surface area (Å²) >= 11 is 6.63. The van der Waals surface area contributed by atoms with Crippen LogP contribution in [0.5, 0.6) is 11.5 Å². The van der Waals surface area contributed by atoms with Crippen LogP contribution >= 0.6 is 11.6 Å². The van der Waals surface area contributed by atoms with E-state index in [4.69, 9.17) is 26.8 Å². The molecule has 0 radical (unpaired) electrons. The number of halogens is 1. The fourth-order valence-corrected chi connectivity index (χ4v) is 4.57. The molecule has 0 amide bonds. The largest absolute Gasteiger partial charge is 0.485 e. The molecule has 1 saturated carbocycles. The van der Waals surface area contributed by atoms with Gasteiger partial charge in [-0.1, -0.05) is 85.1 Å². The van der Waals surface area contributed by atoms with Crippen LogP contribution in [-0.2, 0) is 13.2 Å². The smallest absolute Gasteiger partial charge is 0.180 e. The van der Waals surface area contributed by atoms with Crippen molar-refractivity contribution in [3.8, 4) is 11.5 Å². The fraction of sp³-hybridized carbons (Fsp3) is 0.333. The van der Waals surface area contributed by atoms with E-state index in [-0.39, 0.29) is 6.04 Å². The molecule has 0 saturated heterocycles. The zero-order valence-electron chi connectivity index (χ0n) is 18.1. The number of aliphatic hydroxyl groups is 1. The molecule has 3 aromatic rings. The highest BCUT2D eigenvalue weighted by Gasteiger charge is 2.29. The van der Waals surface area contributed by atoms with Gasteiger partial charge in [-0.2, -0.15) is 0 Å². The average molecular weight is 452 g/mol. The summed E-state index contributed by atoms with van der Waals surface area (Å²) in [5.41, 5.74) is 9.15. The summed E-state index contributed by atoms with van der Waals surface area (Å²) in [6.45, 7) is 0.735. The van der Waals surface area contributed by atoms with Crippen LogP contribution in [0.25, 0.3) is 0 Å². The van der Waals surface area contributed by atoms with E-state index in [2.05, 4.69) is 0 Å². The lowest BCUT2D eigenvalue weighted by Gasteiger charge is -2.26. The predicted molar refractivity (Wildman–Crippen MR) is 128 cm³/mol. The Morgan fingerprint density at radius 3 is 2.03 bits per heavy atom. The molecule has 168 valence electrons. The predicted octanol–water partition coefficient (Wildman–Crippen LogP) is 6.05. The molecule has 4 rings (SSSR count). The first-order valence-corrected chi connectivity index (χ1v) is 11.6. The summed E-state index contributed by atoms with van der Waals surface area (Å²) in [6.07, 6.45) is 3.65. The van der Waals surface area contributed by atoms with Gasteiger partial charge < -0.3 is 20.3 Å². The highest BCUT2D eigenvalue weighted by atomic mass is 35.5. The van der Waals surface area contributed by atoms with Gasteiger partial charge in [0.1, 0.15) is 13.2 Å². The van der Waals surface area contributed by atoms with Crippen LogP contribution < -0.4 is 15.2 Å². The summed E-state index contributed by atoms with van der Waals surface area (Å²) in [6, 6.07) is 23.0. The number of hydrogen-bond donors (Lipinski definition) is 2. The fourth-order valence-electron chi connectivity index (χ4n) is 4.29. The average Bonchev–Trinajstić information content (AvgIpc) is 3.37. The van der Waals surface area contributed by atoms with Crippen molar-refractivity contribution in [1.29, 1.82) is 0 Å². The molecule has 0 aromatic heterocycles. The van der Waals surface area contributed by atoms with Crippen LogP contribution in [0.3, 0.4) is 0 Å². The minimum atomic E-state index is -0.808. The molecular formula is C27H30ClNO3. The molecule has 5 heteroatoms. The quantitative estimate of drug-likeness (QED) is 0.415. The molecule has 1 aliphatic rings. The van der Waals surface area contributed by atoms with Gasteiger partial charge in [0.05, 0.1) is 11.1 Å². The summed E-state index contributed by atoms with van der Waals surface area (Å²) in [5, 5.41) is 11.4. The molecular weight excluding hydrogens is 422 g/mol. The van der Waals surface area contributed by atoms with Crippen molar-refractivity contribution in [3.05, 3.63) is 94.5 Å². The second-order valence-corrected chi connectivity index (χ2v) is 8.85. The maximum Gasteiger partial charge on any atom is 0.180 e. The standard InChI is InChI=1S/C27H30ClNO3/c28-23-15-22(26(30)25(29)21-13-7-8-14-21)16-24(31-17-19-9-3-1-4-10-19)27(23)32-18-20-11-5-2-6-12-20/h1-6,9-12,15-16,21,25-26,30H,7-8,13-14,17-18,29H2. The summed E-state index contributed by atoms with van der Waals surface area (Å²) in [7, 11) is 0. The van der Waals surface area contributed by atoms with Gasteiger partial charge in [0, 0.05) is 6.04 Å². The lowest BCUT2D eigenvalue weighted by Crippen LogP contribution is -2.35. The maximum absolute atomic E-state index is 11.0. The van der Waals surface area contributed by atoms with Crippen molar-refractivity contribution in [2.75, 3.05) is 0 Å². The van der Waals surface area contributed by atoms with Crippen LogP contribution in [0.4, 0.5) is 0 Å². The highest BCUT2D eigenvalue weighted by molar-refractivity contribution is 6.32. The van der Waals surface area contributed by atoms with Crippen molar-refractivity contribution in [2.45, 2.75) is 51.0 Å². The Morgan fingerprint density at radius 2 is 1.44 bits per heavy atom. The molecule has 4 nitrogen and oxygen atoms in total. The third kappa shape index (κ3) is 5.63. The number of nitrogens with two attached hydrogens (primary N) is 1. The van der Waals surface area contributed by atoms with E-state index in [1.54, 1.807) is 6.07 Å². The van der Waals surface area contributed by atoms with Gasteiger partial charge in [-0.25, -0.2) is 0 Å². The van der Waals surface area contributed by atoms with E-state index in [9.17, 15) is 5.11 Å². The first-order chi connectivity index (χ1) is 15.6. The number of rotatable bonds is 9. The van der Waals surface area contributed by atoms with Crippen LogP contribution in [0.15, 0.2) is 72.8 Å². The second kappa shape index (κ2) is 10.9. The van der Waals surface area contributed by atoms with Crippen LogP contribution in [0.1, 0.15) is 48.5 Å². The van der Waals surface area contributed by atoms with E-state index in [1.807, 2.05) is 66.7 Å². The van der Waals surface area contributed by atoms with Crippen molar-refractivity contribution < 1.29 is 14.6 Å². The Hall–Kier alpha value is -2.53. The van der Waals surface area contributed by atoms with E-state index < -0.39 is 6.10 Å². The molecule has 3 N–H and O–H groups in total. The van der Waals surface area contributed by atoms with Gasteiger partial charge >= 0.3 is 0 Å². The van der Waals surface area contributed by atoms with Gasteiger partial charge in [-0.3, -0.25) is 0 Å². The van der Waals surface area contributed by atoms with Crippen molar-refractivity contribution >= 4 is 11.6 Å². The van der Waals surface area contributed by atoms with Gasteiger partial charge in [0.25, 0.3) is 0 Å². The Labute approximate surface area is 194 Å². The molecule has 0 spiro atoms. The van der Waals surface area contributed by atoms with Crippen molar-refractivity contribution in [2.24, 2.45) is 11.7 Å². The van der Waals surface area contributed by atoms with Crippen LogP contribution in [-0.4, -0.2) is 11.1 Å². The normalized spacial score (nSPS) is 16.0. The Morgan fingerprint density at radius 1 is 0.875 bits per heavy atom. The summed E-state index contributed by atoms with van der Waals surface area (Å²) in [5.74, 6) is 1.30. The second-order valence-electron chi connectivity index (χ2n) is 8.45. The lowest BCUT2D eigenvalue weighted by molar-refractivity contribution is 0.118. The molecule has 1 aliphatic carbocycles. The number of ether oxygens (including phenoxy) is 2. The minimum absolute atomic E-state index is 0.325. The van der Waals surface area contributed by atoms with Gasteiger partial charge in [0.2, 0.25) is 0 Å². The topological polar surface area (TPSA) is 64.7 Å². The van der Waals surface area contributed by atoms with Crippen LogP contribution in [0.2, 0.25) is 5.02 Å². The zero-order chi connectivity index (χ0) is 22.3. The van der Waals surface area contributed by atoms with E-state index in [1.165, 1.54) is 12.8 Å². The summed E-state index contributed by atoms with van der Waals surface area (Å²) < 4.78 is 12.2. The van der Waals surface area contributed by atoms with E-state index >= 15 is 0 Å². The summed E-state index contributed by atoms with van der Waals surface area (Å²) in [4.78, 5) is 0. The Kier molecular flexibility index (Phi) is 7.69. The molecule has 0 aliphatic heterocycles. The van der Waals surface area contributed by atoms with Gasteiger partial charge in [-0.05, 0) is 47.6 Å². The van der Waals surface area contributed by atoms with E-state index in [0.29, 0.717) is 41.2 Å². The van der Waals surface area contributed by atoms with Gasteiger partial charge in [-0.15, -0.1) is 0 Å². The monoisotopic (exact) mass is 451 g/mol. The van der Waals surface area contributed by atoms with Crippen molar-refractivity contribution in [3.63, 3.8) is 0 Å². The minimum Gasteiger partial charge on any atom is -0.485 e. The molecule has 2 atom stereocenters. The number of hydrogen-bond acceptors (Lipinski definition) is 4. The number of benzene rings is 3. The van der Waals surface area contributed by atoms with Gasteiger partial charge in [0.15, 0.2) is 11.5 Å². The molecule has 3 aromatic carbocycles. The third-order valence-electron chi connectivity index (χ3n) is 6.15. The molecule has 2 unspecified atom stereocenters. The molecule has 0 bridgehead atoms. The molecule has 0 heterocycles. The van der Waals surface area contributed by atoms with Crippen molar-refractivity contribution in [1.82, 2.24) is 0 Å². The van der Waals surface area contributed by atoms with E-state index in [0.717, 1.165) is 24.0 Å². The lowest BCUT2D eigenvalue weighted by atomic mass is 9.90. The Balaban J connectivity index is 1.58. The first kappa shape index (κ1) is 22.7. The SMILES string of the molecule is NC(C1CCCC1)C(O)c1cc(Cl)c(OCc2ccccc2)c(OCc2ccccc2)c1. The molecule has 1 fully saturated rings. The number of aliphatic hydroxyl groups excluding tert-OH is 1. The Bertz CT molecular complexity index is 991. The molecule has 32 heavy (non-hydrogen) atoms.